The van der Waals surface area contributed by atoms with Crippen LogP contribution in [0.1, 0.15) is 19.3 Å². The molecule has 5 nitrogen and oxygen atoms in total. The number of fused-ring (bicyclic) bond motifs is 2. The van der Waals surface area contributed by atoms with Crippen molar-refractivity contribution in [3.63, 3.8) is 0 Å². The average molecular weight is 327 g/mol. The molecule has 0 spiro atoms. The van der Waals surface area contributed by atoms with Gasteiger partial charge in [-0.2, -0.15) is 0 Å². The Balaban J connectivity index is 0.00000176. The number of ether oxygens (including phenoxy) is 2. The van der Waals surface area contributed by atoms with E-state index in [-0.39, 0.29) is 24.9 Å². The molecule has 1 amide bonds. The molecule has 2 fully saturated rings. The number of rotatable bonds is 4. The van der Waals surface area contributed by atoms with Crippen molar-refractivity contribution in [3.8, 4) is 11.5 Å². The van der Waals surface area contributed by atoms with Gasteiger partial charge in [-0.1, -0.05) is 0 Å². The maximum absolute atomic E-state index is 12.3. The third-order valence-electron chi connectivity index (χ3n) is 4.30. The van der Waals surface area contributed by atoms with Crippen molar-refractivity contribution >= 4 is 18.3 Å². The van der Waals surface area contributed by atoms with Gasteiger partial charge in [0.05, 0.1) is 7.11 Å². The standard InChI is InChI=1S/C16H22N2O3.ClH/c1-20-14-4-6-15(7-5-14)21-11-16(19)18-9-8-12-2-3-13(10-18)17-12;/h4-7,12-13,17H,2-3,8-11H2,1H3;1H/t12-,13+;/m1./s1. The maximum Gasteiger partial charge on any atom is 0.260 e. The highest BCUT2D eigenvalue weighted by Crippen LogP contribution is 2.21. The summed E-state index contributed by atoms with van der Waals surface area (Å²) in [7, 11) is 1.63. The minimum Gasteiger partial charge on any atom is -0.497 e. The molecule has 1 aromatic carbocycles. The summed E-state index contributed by atoms with van der Waals surface area (Å²) in [5.74, 6) is 1.54. The van der Waals surface area contributed by atoms with Gasteiger partial charge in [0.1, 0.15) is 11.5 Å². The van der Waals surface area contributed by atoms with Gasteiger partial charge in [-0.05, 0) is 43.5 Å². The quantitative estimate of drug-likeness (QED) is 0.917. The largest absolute Gasteiger partial charge is 0.497 e. The van der Waals surface area contributed by atoms with Gasteiger partial charge in [-0.3, -0.25) is 4.79 Å². The highest BCUT2D eigenvalue weighted by Gasteiger charge is 2.31. The fourth-order valence-corrected chi connectivity index (χ4v) is 3.08. The summed E-state index contributed by atoms with van der Waals surface area (Å²) >= 11 is 0. The van der Waals surface area contributed by atoms with Crippen molar-refractivity contribution < 1.29 is 14.3 Å². The Morgan fingerprint density at radius 3 is 2.59 bits per heavy atom. The van der Waals surface area contributed by atoms with E-state index in [0.29, 0.717) is 17.8 Å². The number of hydrogen-bond acceptors (Lipinski definition) is 4. The van der Waals surface area contributed by atoms with Crippen LogP contribution in [0.4, 0.5) is 0 Å². The lowest BCUT2D eigenvalue weighted by molar-refractivity contribution is -0.133. The molecule has 6 heteroatoms. The third kappa shape index (κ3) is 4.05. The summed E-state index contributed by atoms with van der Waals surface area (Å²) in [6.07, 6.45) is 3.47. The van der Waals surface area contributed by atoms with Crippen LogP contribution in [0.25, 0.3) is 0 Å². The molecule has 22 heavy (non-hydrogen) atoms. The van der Waals surface area contributed by atoms with E-state index in [1.54, 1.807) is 7.11 Å². The third-order valence-corrected chi connectivity index (χ3v) is 4.30. The first-order chi connectivity index (χ1) is 10.2. The number of carbonyl (C=O) groups excluding carboxylic acids is 1. The van der Waals surface area contributed by atoms with Gasteiger partial charge in [0.25, 0.3) is 5.91 Å². The van der Waals surface area contributed by atoms with Crippen molar-refractivity contribution in [1.82, 2.24) is 10.2 Å². The number of benzene rings is 1. The molecule has 2 bridgehead atoms. The summed E-state index contributed by atoms with van der Waals surface area (Å²) in [6.45, 7) is 1.74. The first-order valence-corrected chi connectivity index (χ1v) is 7.55. The van der Waals surface area contributed by atoms with Crippen LogP contribution in [-0.2, 0) is 4.79 Å². The molecule has 2 heterocycles. The number of nitrogens with zero attached hydrogens (tertiary/aromatic N) is 1. The second kappa shape index (κ2) is 7.70. The van der Waals surface area contributed by atoms with Crippen molar-refractivity contribution in [3.05, 3.63) is 24.3 Å². The van der Waals surface area contributed by atoms with Crippen LogP contribution in [0.15, 0.2) is 24.3 Å². The molecular weight excluding hydrogens is 304 g/mol. The second-order valence-corrected chi connectivity index (χ2v) is 5.73. The van der Waals surface area contributed by atoms with Crippen molar-refractivity contribution in [2.45, 2.75) is 31.3 Å². The lowest BCUT2D eigenvalue weighted by atomic mass is 10.1. The number of nitrogens with one attached hydrogen (secondary N) is 1. The summed E-state index contributed by atoms with van der Waals surface area (Å²) in [4.78, 5) is 14.2. The number of halogens is 1. The van der Waals surface area contributed by atoms with Crippen LogP contribution in [0.2, 0.25) is 0 Å². The molecule has 1 aromatic rings. The smallest absolute Gasteiger partial charge is 0.260 e. The number of methoxy groups -OCH3 is 1. The molecule has 0 saturated carbocycles. The molecule has 1 N–H and O–H groups in total. The number of amides is 1. The minimum atomic E-state index is 0. The Morgan fingerprint density at radius 2 is 1.86 bits per heavy atom. The van der Waals surface area contributed by atoms with Gasteiger partial charge in [0.2, 0.25) is 0 Å². The van der Waals surface area contributed by atoms with Crippen LogP contribution in [-0.4, -0.2) is 49.7 Å². The monoisotopic (exact) mass is 326 g/mol. The fourth-order valence-electron chi connectivity index (χ4n) is 3.08. The first kappa shape index (κ1) is 16.9. The number of carbonyl (C=O) groups is 1. The van der Waals surface area contributed by atoms with Gasteiger partial charge < -0.3 is 19.7 Å². The van der Waals surface area contributed by atoms with Crippen molar-refractivity contribution in [2.24, 2.45) is 0 Å². The lowest BCUT2D eigenvalue weighted by Gasteiger charge is -2.24. The SMILES string of the molecule is COc1ccc(OCC(=O)N2CC[C@H]3CC[C@@H](C2)N3)cc1.Cl. The van der Waals surface area contributed by atoms with E-state index in [0.717, 1.165) is 25.3 Å². The zero-order valence-corrected chi connectivity index (χ0v) is 13.6. The van der Waals surface area contributed by atoms with Gasteiger partial charge in [0.15, 0.2) is 6.61 Å². The lowest BCUT2D eigenvalue weighted by Crippen LogP contribution is -2.41. The number of hydrogen-bond donors (Lipinski definition) is 1. The molecule has 122 valence electrons. The molecule has 0 aliphatic carbocycles. The predicted molar refractivity (Wildman–Crippen MR) is 86.9 cm³/mol. The van der Waals surface area contributed by atoms with Crippen molar-refractivity contribution in [1.29, 1.82) is 0 Å². The van der Waals surface area contributed by atoms with E-state index in [4.69, 9.17) is 9.47 Å². The summed E-state index contributed by atoms with van der Waals surface area (Å²) < 4.78 is 10.7. The Bertz CT molecular complexity index is 495. The van der Waals surface area contributed by atoms with E-state index in [1.165, 1.54) is 12.8 Å². The Kier molecular flexibility index (Phi) is 5.91. The van der Waals surface area contributed by atoms with Gasteiger partial charge in [-0.25, -0.2) is 0 Å². The zero-order chi connectivity index (χ0) is 14.7. The highest BCUT2D eigenvalue weighted by atomic mass is 35.5. The summed E-state index contributed by atoms with van der Waals surface area (Å²) in [5, 5.41) is 3.58. The second-order valence-electron chi connectivity index (χ2n) is 5.73. The fraction of sp³-hybridized carbons (Fsp3) is 0.562. The van der Waals surface area contributed by atoms with Gasteiger partial charge in [-0.15, -0.1) is 12.4 Å². The van der Waals surface area contributed by atoms with Gasteiger partial charge >= 0.3 is 0 Å². The van der Waals surface area contributed by atoms with Crippen LogP contribution in [0.5, 0.6) is 11.5 Å². The average Bonchev–Trinajstić information content (AvgIpc) is 2.84. The van der Waals surface area contributed by atoms with E-state index >= 15 is 0 Å². The molecule has 2 aliphatic heterocycles. The van der Waals surface area contributed by atoms with E-state index in [1.807, 2.05) is 29.2 Å². The highest BCUT2D eigenvalue weighted by molar-refractivity contribution is 5.85. The number of likely N-dealkylation sites (tertiary alicyclic amines) is 1. The van der Waals surface area contributed by atoms with Crippen LogP contribution >= 0.6 is 12.4 Å². The van der Waals surface area contributed by atoms with E-state index in [9.17, 15) is 4.79 Å². The predicted octanol–water partition coefficient (Wildman–Crippen LogP) is 1.85. The molecule has 0 unspecified atom stereocenters. The molecule has 0 radical (unpaired) electrons. The van der Waals surface area contributed by atoms with Crippen molar-refractivity contribution in [2.75, 3.05) is 26.8 Å². The molecule has 2 aliphatic rings. The topological polar surface area (TPSA) is 50.8 Å². The Labute approximate surface area is 137 Å². The van der Waals surface area contributed by atoms with E-state index in [2.05, 4.69) is 5.32 Å². The molecule has 3 rings (SSSR count). The Morgan fingerprint density at radius 1 is 1.18 bits per heavy atom. The Hall–Kier alpha value is -1.46. The normalized spacial score (nSPS) is 23.4. The first-order valence-electron chi connectivity index (χ1n) is 7.55. The molecular formula is C16H23ClN2O3. The van der Waals surface area contributed by atoms with Gasteiger partial charge in [0, 0.05) is 25.2 Å². The maximum atomic E-state index is 12.3. The van der Waals surface area contributed by atoms with Crippen LogP contribution in [0, 0.1) is 0 Å². The summed E-state index contributed by atoms with van der Waals surface area (Å²) in [5.41, 5.74) is 0. The van der Waals surface area contributed by atoms with E-state index < -0.39 is 0 Å². The minimum absolute atomic E-state index is 0. The summed E-state index contributed by atoms with van der Waals surface area (Å²) in [6, 6.07) is 8.34. The molecule has 0 aromatic heterocycles. The zero-order valence-electron chi connectivity index (χ0n) is 12.8. The molecule has 2 saturated heterocycles. The van der Waals surface area contributed by atoms with Crippen LogP contribution in [0.3, 0.4) is 0 Å². The molecule has 2 atom stereocenters. The van der Waals surface area contributed by atoms with Crippen LogP contribution < -0.4 is 14.8 Å².